The summed E-state index contributed by atoms with van der Waals surface area (Å²) in [6.45, 7) is 2.72. The van der Waals surface area contributed by atoms with E-state index in [1.54, 1.807) is 5.48 Å². The number of nitrogens with one attached hydrogen (secondary N) is 1. The van der Waals surface area contributed by atoms with Crippen molar-refractivity contribution in [3.63, 3.8) is 0 Å². The topological polar surface area (TPSA) is 95.0 Å². The van der Waals surface area contributed by atoms with Crippen LogP contribution in [0.1, 0.15) is 19.3 Å². The van der Waals surface area contributed by atoms with Crippen molar-refractivity contribution in [3.8, 4) is 5.88 Å². The number of carbonyl (C=O) groups is 2. The second-order valence-electron chi connectivity index (χ2n) is 9.23. The summed E-state index contributed by atoms with van der Waals surface area (Å²) in [5.41, 5.74) is 3.76. The summed E-state index contributed by atoms with van der Waals surface area (Å²) in [5, 5.41) is 10.4. The van der Waals surface area contributed by atoms with Gasteiger partial charge in [0.15, 0.2) is 0 Å². The molecule has 2 amide bonds. The van der Waals surface area contributed by atoms with Crippen LogP contribution in [-0.4, -0.2) is 59.2 Å². The van der Waals surface area contributed by atoms with Crippen molar-refractivity contribution >= 4 is 28.4 Å². The number of hydroxylamine groups is 1. The minimum absolute atomic E-state index is 0.0198. The maximum Gasteiger partial charge on any atom is 0.247 e. The monoisotopic (exact) mass is 474 g/mol. The van der Waals surface area contributed by atoms with Crippen LogP contribution in [0.4, 0.5) is 5.69 Å². The second-order valence-corrected chi connectivity index (χ2v) is 9.23. The number of amides is 2. The predicted octanol–water partition coefficient (Wildman–Crippen LogP) is 3.25. The zero-order chi connectivity index (χ0) is 24.2. The number of nitrogens with zero attached hydrogens (tertiary/aromatic N) is 3. The number of carbonyl (C=O) groups excluding carboxylic acids is 2. The molecular formula is C27H30N4O4. The molecular weight excluding hydrogens is 444 g/mol. The van der Waals surface area contributed by atoms with Gasteiger partial charge in [0, 0.05) is 43.3 Å². The van der Waals surface area contributed by atoms with E-state index in [1.807, 2.05) is 59.5 Å². The second kappa shape index (κ2) is 10.3. The van der Waals surface area contributed by atoms with E-state index in [1.165, 1.54) is 0 Å². The first kappa shape index (κ1) is 23.1. The molecule has 2 aromatic carbocycles. The van der Waals surface area contributed by atoms with Gasteiger partial charge in [-0.3, -0.25) is 14.8 Å². The van der Waals surface area contributed by atoms with Crippen LogP contribution in [0.25, 0.3) is 10.9 Å². The van der Waals surface area contributed by atoms with E-state index in [9.17, 15) is 14.8 Å². The average Bonchev–Trinajstić information content (AvgIpc) is 2.92. The molecule has 182 valence electrons. The lowest BCUT2D eigenvalue weighted by Gasteiger charge is -2.40. The lowest BCUT2D eigenvalue weighted by molar-refractivity contribution is -0.148. The SMILES string of the molecule is O=C(NO)[C@H]1C[C@H](Oc2ccc3ccccc3n2)CC[C@@H]1C(=O)N1CCN(c2ccccc2)CC1. The van der Waals surface area contributed by atoms with Crippen LogP contribution >= 0.6 is 0 Å². The van der Waals surface area contributed by atoms with Gasteiger partial charge in [0.1, 0.15) is 6.10 Å². The molecule has 8 nitrogen and oxygen atoms in total. The number of pyridine rings is 1. The smallest absolute Gasteiger partial charge is 0.247 e. The van der Waals surface area contributed by atoms with Crippen molar-refractivity contribution in [1.29, 1.82) is 0 Å². The minimum atomic E-state index is -0.654. The molecule has 35 heavy (non-hydrogen) atoms. The van der Waals surface area contributed by atoms with Crippen molar-refractivity contribution < 1.29 is 19.5 Å². The Balaban J connectivity index is 1.23. The van der Waals surface area contributed by atoms with Gasteiger partial charge < -0.3 is 14.5 Å². The third-order valence-corrected chi connectivity index (χ3v) is 7.14. The number of ether oxygens (including phenoxy) is 1. The highest BCUT2D eigenvalue weighted by atomic mass is 16.5. The number of para-hydroxylation sites is 2. The molecule has 0 bridgehead atoms. The fourth-order valence-corrected chi connectivity index (χ4v) is 5.25. The third kappa shape index (κ3) is 5.07. The first-order valence-electron chi connectivity index (χ1n) is 12.2. The Bertz CT molecular complexity index is 1180. The average molecular weight is 475 g/mol. The Morgan fingerprint density at radius 1 is 0.886 bits per heavy atom. The highest BCUT2D eigenvalue weighted by Gasteiger charge is 2.42. The number of rotatable bonds is 5. The molecule has 1 aromatic heterocycles. The van der Waals surface area contributed by atoms with E-state index in [0.29, 0.717) is 38.2 Å². The maximum atomic E-state index is 13.4. The van der Waals surface area contributed by atoms with Crippen LogP contribution in [0, 0.1) is 11.8 Å². The molecule has 0 unspecified atom stereocenters. The molecule has 0 spiro atoms. The fraction of sp³-hybridized carbons (Fsp3) is 0.370. The molecule has 8 heteroatoms. The van der Waals surface area contributed by atoms with Gasteiger partial charge in [-0.2, -0.15) is 0 Å². The Morgan fingerprint density at radius 2 is 1.63 bits per heavy atom. The number of benzene rings is 2. The largest absolute Gasteiger partial charge is 0.474 e. The van der Waals surface area contributed by atoms with Crippen LogP contribution < -0.4 is 15.1 Å². The number of piperazine rings is 1. The summed E-state index contributed by atoms with van der Waals surface area (Å²) in [5.74, 6) is -1.19. The molecule has 1 saturated heterocycles. The van der Waals surface area contributed by atoms with E-state index >= 15 is 0 Å². The zero-order valence-corrected chi connectivity index (χ0v) is 19.5. The van der Waals surface area contributed by atoms with Gasteiger partial charge in [0.25, 0.3) is 0 Å². The molecule has 0 radical (unpaired) electrons. The van der Waals surface area contributed by atoms with Crippen LogP contribution in [-0.2, 0) is 9.59 Å². The standard InChI is InChI=1S/C27H30N4O4/c32-26(29-34)23-18-21(35-25-13-10-19-6-4-5-9-24(19)28-25)11-12-22(23)27(33)31-16-14-30(15-17-31)20-7-2-1-3-8-20/h1-10,13,21-23,34H,11-12,14-18H2,(H,29,32)/t21-,22+,23+/m1/s1. The lowest BCUT2D eigenvalue weighted by Crippen LogP contribution is -2.53. The normalized spacial score (nSPS) is 22.6. The Hall–Kier alpha value is -3.65. The molecule has 2 N–H and O–H groups in total. The molecule has 3 aromatic rings. The summed E-state index contributed by atoms with van der Waals surface area (Å²) in [6, 6.07) is 21.8. The van der Waals surface area contributed by atoms with Gasteiger partial charge in [0.2, 0.25) is 17.7 Å². The quantitative estimate of drug-likeness (QED) is 0.436. The van der Waals surface area contributed by atoms with Gasteiger partial charge in [-0.1, -0.05) is 36.4 Å². The summed E-state index contributed by atoms with van der Waals surface area (Å²) in [4.78, 5) is 34.7. The summed E-state index contributed by atoms with van der Waals surface area (Å²) in [7, 11) is 0. The Kier molecular flexibility index (Phi) is 6.81. The van der Waals surface area contributed by atoms with Gasteiger partial charge in [-0.25, -0.2) is 10.5 Å². The highest BCUT2D eigenvalue weighted by Crippen LogP contribution is 2.34. The molecule has 3 atom stereocenters. The van der Waals surface area contributed by atoms with Crippen LogP contribution in [0.3, 0.4) is 0 Å². The number of fused-ring (bicyclic) bond motifs is 1. The van der Waals surface area contributed by atoms with E-state index < -0.39 is 17.7 Å². The third-order valence-electron chi connectivity index (χ3n) is 7.14. The first-order valence-corrected chi connectivity index (χ1v) is 12.2. The maximum absolute atomic E-state index is 13.4. The van der Waals surface area contributed by atoms with E-state index in [4.69, 9.17) is 4.74 Å². The summed E-state index contributed by atoms with van der Waals surface area (Å²) >= 11 is 0. The van der Waals surface area contributed by atoms with Gasteiger partial charge >= 0.3 is 0 Å². The molecule has 2 heterocycles. The highest BCUT2D eigenvalue weighted by molar-refractivity contribution is 5.87. The van der Waals surface area contributed by atoms with E-state index in [0.717, 1.165) is 29.7 Å². The molecule has 5 rings (SSSR count). The van der Waals surface area contributed by atoms with Gasteiger partial charge in [-0.05, 0) is 43.5 Å². The zero-order valence-electron chi connectivity index (χ0n) is 19.5. The summed E-state index contributed by atoms with van der Waals surface area (Å²) < 4.78 is 6.12. The number of aromatic nitrogens is 1. The van der Waals surface area contributed by atoms with Crippen molar-refractivity contribution in [1.82, 2.24) is 15.4 Å². The van der Waals surface area contributed by atoms with Gasteiger partial charge in [0.05, 0.1) is 17.4 Å². The first-order chi connectivity index (χ1) is 17.1. The molecule has 2 fully saturated rings. The summed E-state index contributed by atoms with van der Waals surface area (Å²) in [6.07, 6.45) is 1.25. The van der Waals surface area contributed by atoms with Crippen LogP contribution in [0.15, 0.2) is 66.7 Å². The van der Waals surface area contributed by atoms with Crippen LogP contribution in [0.2, 0.25) is 0 Å². The Morgan fingerprint density at radius 3 is 2.40 bits per heavy atom. The molecule has 1 aliphatic carbocycles. The Labute approximate surface area is 204 Å². The van der Waals surface area contributed by atoms with E-state index in [2.05, 4.69) is 22.0 Å². The number of hydrogen-bond donors (Lipinski definition) is 2. The molecule has 1 aliphatic heterocycles. The van der Waals surface area contributed by atoms with E-state index in [-0.39, 0.29) is 12.0 Å². The fourth-order valence-electron chi connectivity index (χ4n) is 5.25. The van der Waals surface area contributed by atoms with Crippen molar-refractivity contribution in [2.45, 2.75) is 25.4 Å². The van der Waals surface area contributed by atoms with Crippen LogP contribution in [0.5, 0.6) is 5.88 Å². The minimum Gasteiger partial charge on any atom is -0.474 e. The van der Waals surface area contributed by atoms with Crippen molar-refractivity contribution in [3.05, 3.63) is 66.7 Å². The number of hydrogen-bond acceptors (Lipinski definition) is 6. The van der Waals surface area contributed by atoms with Gasteiger partial charge in [-0.15, -0.1) is 0 Å². The van der Waals surface area contributed by atoms with Crippen molar-refractivity contribution in [2.24, 2.45) is 11.8 Å². The molecule has 2 aliphatic rings. The predicted molar refractivity (Wildman–Crippen MR) is 132 cm³/mol. The lowest BCUT2D eigenvalue weighted by atomic mass is 9.76. The number of anilines is 1. The molecule has 1 saturated carbocycles. The van der Waals surface area contributed by atoms with Crippen molar-refractivity contribution in [2.75, 3.05) is 31.1 Å².